The summed E-state index contributed by atoms with van der Waals surface area (Å²) in [6.07, 6.45) is 3.88. The molecular weight excluding hydrogens is 234 g/mol. The van der Waals surface area contributed by atoms with Gasteiger partial charge in [0.15, 0.2) is 0 Å². The van der Waals surface area contributed by atoms with Crippen LogP contribution < -0.4 is 0 Å². The molecule has 0 fully saturated rings. The first kappa shape index (κ1) is 16.9. The molecule has 0 heterocycles. The molecule has 0 aromatic heterocycles. The molecule has 1 unspecified atom stereocenters. The third-order valence-corrected chi connectivity index (χ3v) is 3.08. The number of hydrogen-bond acceptors (Lipinski definition) is 4. The molecule has 0 saturated carbocycles. The lowest BCUT2D eigenvalue weighted by molar-refractivity contribution is -0.519. The fourth-order valence-corrected chi connectivity index (χ4v) is 1.49. The smallest absolute Gasteiger partial charge is 0.311 e. The average molecular weight is 259 g/mol. The maximum absolute atomic E-state index is 11.8. The molecule has 106 valence electrons. The molecule has 0 aliphatic carbocycles. The molecular formula is C13H25NO4. The van der Waals surface area contributed by atoms with Gasteiger partial charge in [0.25, 0.3) is 0 Å². The van der Waals surface area contributed by atoms with E-state index in [9.17, 15) is 14.9 Å². The largest absolute Gasteiger partial charge is 0.465 e. The van der Waals surface area contributed by atoms with Gasteiger partial charge in [0, 0.05) is 18.3 Å². The number of carbonyl (C=O) groups excluding carboxylic acids is 1. The van der Waals surface area contributed by atoms with E-state index >= 15 is 0 Å². The topological polar surface area (TPSA) is 69.4 Å². The van der Waals surface area contributed by atoms with Gasteiger partial charge in [-0.25, -0.2) is 0 Å². The summed E-state index contributed by atoms with van der Waals surface area (Å²) in [6, 6.07) is -0.614. The Labute approximate surface area is 109 Å². The van der Waals surface area contributed by atoms with Crippen LogP contribution in [-0.2, 0) is 9.53 Å². The van der Waals surface area contributed by atoms with Crippen molar-refractivity contribution in [2.45, 2.75) is 65.8 Å². The van der Waals surface area contributed by atoms with Crippen LogP contribution in [0.15, 0.2) is 0 Å². The molecule has 0 radical (unpaired) electrons. The molecule has 0 saturated heterocycles. The molecule has 1 atom stereocenters. The second-order valence-electron chi connectivity index (χ2n) is 5.40. The maximum atomic E-state index is 11.8. The van der Waals surface area contributed by atoms with Gasteiger partial charge in [-0.3, -0.25) is 14.9 Å². The Morgan fingerprint density at radius 1 is 1.39 bits per heavy atom. The fourth-order valence-electron chi connectivity index (χ4n) is 1.49. The van der Waals surface area contributed by atoms with Crippen LogP contribution in [0.4, 0.5) is 0 Å². The van der Waals surface area contributed by atoms with Crippen molar-refractivity contribution in [3.8, 4) is 0 Å². The number of nitro groups is 1. The summed E-state index contributed by atoms with van der Waals surface area (Å²) in [5, 5.41) is 10.5. The van der Waals surface area contributed by atoms with E-state index in [0.717, 1.165) is 19.3 Å². The van der Waals surface area contributed by atoms with Gasteiger partial charge in [-0.15, -0.1) is 0 Å². The monoisotopic (exact) mass is 259 g/mol. The summed E-state index contributed by atoms with van der Waals surface area (Å²) in [7, 11) is 0. The zero-order chi connectivity index (χ0) is 14.2. The summed E-state index contributed by atoms with van der Waals surface area (Å²) in [4.78, 5) is 22.0. The fraction of sp³-hybridized carbons (Fsp3) is 0.923. The van der Waals surface area contributed by atoms with E-state index in [4.69, 9.17) is 4.74 Å². The molecule has 0 amide bonds. The molecule has 5 nitrogen and oxygen atoms in total. The minimum atomic E-state index is -0.642. The standard InChI is InChI=1S/C13H25NO4/c1-5-6-7-10-18-12(15)13(3,4)9-8-11(2)14(16)17/h11H,5-10H2,1-4H3. The summed E-state index contributed by atoms with van der Waals surface area (Å²) in [6.45, 7) is 7.65. The molecule has 0 aliphatic rings. The van der Waals surface area contributed by atoms with Crippen molar-refractivity contribution in [2.24, 2.45) is 5.41 Å². The Morgan fingerprint density at radius 2 is 2.00 bits per heavy atom. The van der Waals surface area contributed by atoms with Crippen molar-refractivity contribution in [3.05, 3.63) is 10.1 Å². The van der Waals surface area contributed by atoms with Gasteiger partial charge < -0.3 is 4.74 Å². The quantitative estimate of drug-likeness (QED) is 0.276. The number of hydrogen-bond donors (Lipinski definition) is 0. The minimum absolute atomic E-state index is 0.255. The lowest BCUT2D eigenvalue weighted by Crippen LogP contribution is -2.29. The highest BCUT2D eigenvalue weighted by Gasteiger charge is 2.31. The zero-order valence-corrected chi connectivity index (χ0v) is 11.9. The highest BCUT2D eigenvalue weighted by Crippen LogP contribution is 2.25. The SMILES string of the molecule is CCCCCOC(=O)C(C)(C)CCC(C)[N+](=O)[O-]. The van der Waals surface area contributed by atoms with Gasteiger partial charge in [-0.1, -0.05) is 19.8 Å². The van der Waals surface area contributed by atoms with E-state index in [1.165, 1.54) is 0 Å². The lowest BCUT2D eigenvalue weighted by atomic mass is 9.86. The number of carbonyl (C=O) groups is 1. The van der Waals surface area contributed by atoms with Crippen LogP contribution in [0.3, 0.4) is 0 Å². The average Bonchev–Trinajstić information content (AvgIpc) is 2.31. The highest BCUT2D eigenvalue weighted by molar-refractivity contribution is 5.75. The van der Waals surface area contributed by atoms with E-state index in [-0.39, 0.29) is 10.9 Å². The van der Waals surface area contributed by atoms with Crippen LogP contribution in [0.5, 0.6) is 0 Å². The van der Waals surface area contributed by atoms with Crippen molar-refractivity contribution in [1.29, 1.82) is 0 Å². The van der Waals surface area contributed by atoms with Gasteiger partial charge >= 0.3 is 5.97 Å². The Balaban J connectivity index is 4.02. The lowest BCUT2D eigenvalue weighted by Gasteiger charge is -2.22. The normalized spacial score (nSPS) is 13.1. The number of nitrogens with zero attached hydrogens (tertiary/aromatic N) is 1. The molecule has 18 heavy (non-hydrogen) atoms. The van der Waals surface area contributed by atoms with Crippen LogP contribution in [0.2, 0.25) is 0 Å². The summed E-state index contributed by atoms with van der Waals surface area (Å²) < 4.78 is 5.19. The van der Waals surface area contributed by atoms with E-state index in [0.29, 0.717) is 19.4 Å². The second kappa shape index (κ2) is 8.06. The molecule has 0 aromatic rings. The first-order chi connectivity index (χ1) is 8.31. The molecule has 0 rings (SSSR count). The van der Waals surface area contributed by atoms with E-state index in [2.05, 4.69) is 6.92 Å². The van der Waals surface area contributed by atoms with Gasteiger partial charge in [-0.05, 0) is 26.7 Å². The minimum Gasteiger partial charge on any atom is -0.465 e. The number of esters is 1. The predicted octanol–water partition coefficient (Wildman–Crippen LogP) is 3.19. The van der Waals surface area contributed by atoms with Gasteiger partial charge in [-0.2, -0.15) is 0 Å². The van der Waals surface area contributed by atoms with Crippen molar-refractivity contribution >= 4 is 5.97 Å². The van der Waals surface area contributed by atoms with Crippen molar-refractivity contribution < 1.29 is 14.5 Å². The van der Waals surface area contributed by atoms with Crippen molar-refractivity contribution in [1.82, 2.24) is 0 Å². The van der Waals surface area contributed by atoms with Gasteiger partial charge in [0.1, 0.15) is 0 Å². The van der Waals surface area contributed by atoms with Gasteiger partial charge in [0.05, 0.1) is 12.0 Å². The van der Waals surface area contributed by atoms with Gasteiger partial charge in [0.2, 0.25) is 6.04 Å². The summed E-state index contributed by atoms with van der Waals surface area (Å²) in [5.41, 5.74) is -0.642. The first-order valence-corrected chi connectivity index (χ1v) is 6.62. The molecule has 0 bridgehead atoms. The van der Waals surface area contributed by atoms with Crippen LogP contribution in [0.1, 0.15) is 59.8 Å². The van der Waals surface area contributed by atoms with E-state index < -0.39 is 11.5 Å². The van der Waals surface area contributed by atoms with Crippen molar-refractivity contribution in [2.75, 3.05) is 6.61 Å². The van der Waals surface area contributed by atoms with Crippen molar-refractivity contribution in [3.63, 3.8) is 0 Å². The molecule has 0 aromatic carbocycles. The Kier molecular flexibility index (Phi) is 7.55. The predicted molar refractivity (Wildman–Crippen MR) is 70.0 cm³/mol. The van der Waals surface area contributed by atoms with E-state index in [1.54, 1.807) is 20.8 Å². The maximum Gasteiger partial charge on any atom is 0.311 e. The molecule has 5 heteroatoms. The van der Waals surface area contributed by atoms with Crippen LogP contribution in [-0.4, -0.2) is 23.5 Å². The Morgan fingerprint density at radius 3 is 2.50 bits per heavy atom. The molecule has 0 spiro atoms. The zero-order valence-electron chi connectivity index (χ0n) is 11.9. The summed E-state index contributed by atoms with van der Waals surface area (Å²) >= 11 is 0. The third kappa shape index (κ3) is 6.57. The van der Waals surface area contributed by atoms with Crippen LogP contribution in [0, 0.1) is 15.5 Å². The first-order valence-electron chi connectivity index (χ1n) is 6.62. The Bertz CT molecular complexity index is 276. The number of unbranched alkanes of at least 4 members (excludes halogenated alkanes) is 2. The molecule has 0 N–H and O–H groups in total. The molecule has 0 aliphatic heterocycles. The number of ether oxygens (including phenoxy) is 1. The third-order valence-electron chi connectivity index (χ3n) is 3.08. The highest BCUT2D eigenvalue weighted by atomic mass is 16.6. The Hall–Kier alpha value is -1.13. The summed E-state index contributed by atoms with van der Waals surface area (Å²) in [5.74, 6) is -0.255. The van der Waals surface area contributed by atoms with E-state index in [1.807, 2.05) is 0 Å². The van der Waals surface area contributed by atoms with Crippen LogP contribution in [0.25, 0.3) is 0 Å². The number of rotatable bonds is 9. The van der Waals surface area contributed by atoms with Crippen LogP contribution >= 0.6 is 0 Å². The second-order valence-corrected chi connectivity index (χ2v) is 5.40.